The van der Waals surface area contributed by atoms with E-state index in [2.05, 4.69) is 15.7 Å². The van der Waals surface area contributed by atoms with Crippen LogP contribution in [0.25, 0.3) is 5.69 Å². The maximum absolute atomic E-state index is 13.1. The van der Waals surface area contributed by atoms with Crippen molar-refractivity contribution in [2.75, 3.05) is 30.8 Å². The van der Waals surface area contributed by atoms with Gasteiger partial charge in [-0.05, 0) is 43.2 Å². The molecule has 2 aromatic carbocycles. The van der Waals surface area contributed by atoms with Crippen LogP contribution in [-0.2, 0) is 6.18 Å². The molecule has 1 fully saturated rings. The zero-order chi connectivity index (χ0) is 24.3. The molecule has 0 radical (unpaired) electrons. The second-order valence-corrected chi connectivity index (χ2v) is 7.66. The summed E-state index contributed by atoms with van der Waals surface area (Å²) in [7, 11) is 1.33. The predicted octanol–water partition coefficient (Wildman–Crippen LogP) is 4.78. The molecule has 0 saturated carbocycles. The molecule has 4 rings (SSSR count). The fourth-order valence-electron chi connectivity index (χ4n) is 3.62. The highest BCUT2D eigenvalue weighted by Gasteiger charge is 2.31. The van der Waals surface area contributed by atoms with E-state index in [0.29, 0.717) is 24.5 Å². The van der Waals surface area contributed by atoms with Gasteiger partial charge < -0.3 is 20.3 Å². The monoisotopic (exact) mass is 473 g/mol. The van der Waals surface area contributed by atoms with E-state index in [9.17, 15) is 22.8 Å². The molecule has 1 aromatic heterocycles. The number of likely N-dealkylation sites (tertiary alicyclic amines) is 1. The Morgan fingerprint density at radius 2 is 1.68 bits per heavy atom. The van der Waals surface area contributed by atoms with Crippen molar-refractivity contribution in [3.8, 4) is 11.4 Å². The summed E-state index contributed by atoms with van der Waals surface area (Å²) in [4.78, 5) is 27.1. The van der Waals surface area contributed by atoms with Gasteiger partial charge in [0.25, 0.3) is 5.91 Å². The van der Waals surface area contributed by atoms with E-state index >= 15 is 0 Å². The lowest BCUT2D eigenvalue weighted by Crippen LogP contribution is -2.32. The number of nitrogens with one attached hydrogen (secondary N) is 2. The number of carbonyl (C=O) groups excluding carboxylic acids is 2. The highest BCUT2D eigenvalue weighted by atomic mass is 19.4. The Hall–Kier alpha value is -4.02. The number of amides is 3. The quantitative estimate of drug-likeness (QED) is 0.558. The zero-order valence-electron chi connectivity index (χ0n) is 18.2. The van der Waals surface area contributed by atoms with Gasteiger partial charge in [-0.25, -0.2) is 9.48 Å². The SMILES string of the molecule is COc1cn(-c2cccc(C(F)(F)F)c2)nc1C(=O)Nc1ccccc1NC(=O)N1CCCC1. The minimum atomic E-state index is -4.52. The standard InChI is InChI=1S/C23H22F3N5O3/c1-34-19-14-31(16-8-6-7-15(13-16)23(24,25)26)29-20(19)21(32)27-17-9-2-3-10-18(17)28-22(33)30-11-4-5-12-30/h2-3,6-10,13-14H,4-5,11-12H2,1H3,(H,27,32)(H,28,33). The molecule has 1 aliphatic rings. The number of carbonyl (C=O) groups is 2. The fourth-order valence-corrected chi connectivity index (χ4v) is 3.62. The minimum absolute atomic E-state index is 0.0773. The summed E-state index contributed by atoms with van der Waals surface area (Å²) in [5.41, 5.74) is -0.0982. The lowest BCUT2D eigenvalue weighted by atomic mass is 10.2. The summed E-state index contributed by atoms with van der Waals surface area (Å²) in [6.07, 6.45) is -1.30. The first-order valence-electron chi connectivity index (χ1n) is 10.5. The normalized spacial score (nSPS) is 13.6. The molecule has 34 heavy (non-hydrogen) atoms. The molecule has 0 unspecified atom stereocenters. The van der Waals surface area contributed by atoms with Crippen molar-refractivity contribution in [2.45, 2.75) is 19.0 Å². The summed E-state index contributed by atoms with van der Waals surface area (Å²) in [6, 6.07) is 11.0. The van der Waals surface area contributed by atoms with Crippen LogP contribution < -0.4 is 15.4 Å². The van der Waals surface area contributed by atoms with Crippen LogP contribution >= 0.6 is 0 Å². The number of hydrogen-bond donors (Lipinski definition) is 2. The van der Waals surface area contributed by atoms with Crippen LogP contribution in [0.1, 0.15) is 28.9 Å². The second kappa shape index (κ2) is 9.46. The number of benzene rings is 2. The maximum Gasteiger partial charge on any atom is 0.416 e. The van der Waals surface area contributed by atoms with Crippen LogP contribution in [-0.4, -0.2) is 46.8 Å². The van der Waals surface area contributed by atoms with Gasteiger partial charge in [0.15, 0.2) is 11.4 Å². The Labute approximate surface area is 193 Å². The second-order valence-electron chi connectivity index (χ2n) is 7.66. The third-order valence-corrected chi connectivity index (χ3v) is 5.36. The molecule has 1 aliphatic heterocycles. The number of rotatable bonds is 5. The fraction of sp³-hybridized carbons (Fsp3) is 0.261. The highest BCUT2D eigenvalue weighted by Crippen LogP contribution is 2.31. The number of nitrogens with zero attached hydrogens (tertiary/aromatic N) is 3. The molecular weight excluding hydrogens is 451 g/mol. The Morgan fingerprint density at radius 1 is 1.00 bits per heavy atom. The van der Waals surface area contributed by atoms with Gasteiger partial charge in [0.05, 0.1) is 35.9 Å². The first-order valence-corrected chi connectivity index (χ1v) is 10.5. The van der Waals surface area contributed by atoms with Crippen LogP contribution in [0.5, 0.6) is 5.75 Å². The van der Waals surface area contributed by atoms with E-state index in [1.165, 1.54) is 25.4 Å². The molecule has 0 bridgehead atoms. The number of alkyl halides is 3. The van der Waals surface area contributed by atoms with Crippen LogP contribution in [0.2, 0.25) is 0 Å². The number of anilines is 2. The molecule has 0 spiro atoms. The van der Waals surface area contributed by atoms with E-state index in [-0.39, 0.29) is 23.2 Å². The Kier molecular flexibility index (Phi) is 6.44. The largest absolute Gasteiger partial charge is 0.493 e. The summed E-state index contributed by atoms with van der Waals surface area (Å²) in [5, 5.41) is 9.63. The van der Waals surface area contributed by atoms with Crippen molar-refractivity contribution in [1.82, 2.24) is 14.7 Å². The van der Waals surface area contributed by atoms with Gasteiger partial charge in [-0.3, -0.25) is 4.79 Å². The van der Waals surface area contributed by atoms with Gasteiger partial charge in [-0.1, -0.05) is 18.2 Å². The Morgan fingerprint density at radius 3 is 2.32 bits per heavy atom. The van der Waals surface area contributed by atoms with Gasteiger partial charge in [0.2, 0.25) is 0 Å². The molecular formula is C23H22F3N5O3. The molecule has 0 atom stereocenters. The van der Waals surface area contributed by atoms with Crippen molar-refractivity contribution in [3.05, 3.63) is 66.0 Å². The number of ether oxygens (including phenoxy) is 1. The lowest BCUT2D eigenvalue weighted by Gasteiger charge is -2.18. The van der Waals surface area contributed by atoms with Gasteiger partial charge in [-0.15, -0.1) is 0 Å². The van der Waals surface area contributed by atoms with Crippen LogP contribution in [0.4, 0.5) is 29.3 Å². The number of hydrogen-bond acceptors (Lipinski definition) is 4. The molecule has 3 aromatic rings. The van der Waals surface area contributed by atoms with Gasteiger partial charge in [0.1, 0.15) is 0 Å². The van der Waals surface area contributed by atoms with Gasteiger partial charge >= 0.3 is 12.2 Å². The van der Waals surface area contributed by atoms with Crippen molar-refractivity contribution >= 4 is 23.3 Å². The number of methoxy groups -OCH3 is 1. The van der Waals surface area contributed by atoms with E-state index in [1.807, 2.05) is 0 Å². The third kappa shape index (κ3) is 4.98. The highest BCUT2D eigenvalue weighted by molar-refractivity contribution is 6.07. The van der Waals surface area contributed by atoms with Crippen molar-refractivity contribution in [2.24, 2.45) is 0 Å². The number of urea groups is 1. The average molecular weight is 473 g/mol. The molecule has 11 heteroatoms. The van der Waals surface area contributed by atoms with Crippen molar-refractivity contribution < 1.29 is 27.5 Å². The number of halogens is 3. The summed E-state index contributed by atoms with van der Waals surface area (Å²) in [6.45, 7) is 1.34. The van der Waals surface area contributed by atoms with E-state index < -0.39 is 17.6 Å². The Balaban J connectivity index is 1.57. The molecule has 3 amide bonds. The summed E-state index contributed by atoms with van der Waals surface area (Å²) >= 11 is 0. The average Bonchev–Trinajstić information content (AvgIpc) is 3.50. The summed E-state index contributed by atoms with van der Waals surface area (Å²) in [5.74, 6) is -0.570. The first kappa shape index (κ1) is 23.1. The van der Waals surface area contributed by atoms with Crippen LogP contribution in [0.3, 0.4) is 0 Å². The number of para-hydroxylation sites is 2. The predicted molar refractivity (Wildman–Crippen MR) is 119 cm³/mol. The lowest BCUT2D eigenvalue weighted by molar-refractivity contribution is -0.137. The molecule has 178 valence electrons. The van der Waals surface area contributed by atoms with Gasteiger partial charge in [0, 0.05) is 13.1 Å². The molecule has 2 N–H and O–H groups in total. The molecule has 2 heterocycles. The van der Waals surface area contributed by atoms with E-state index in [0.717, 1.165) is 29.7 Å². The van der Waals surface area contributed by atoms with Crippen molar-refractivity contribution in [1.29, 1.82) is 0 Å². The van der Waals surface area contributed by atoms with E-state index in [1.54, 1.807) is 29.2 Å². The first-order chi connectivity index (χ1) is 16.3. The minimum Gasteiger partial charge on any atom is -0.493 e. The van der Waals surface area contributed by atoms with E-state index in [4.69, 9.17) is 4.74 Å². The maximum atomic E-state index is 13.1. The van der Waals surface area contributed by atoms with Crippen LogP contribution in [0.15, 0.2) is 54.7 Å². The van der Waals surface area contributed by atoms with Gasteiger partial charge in [-0.2, -0.15) is 18.3 Å². The smallest absolute Gasteiger partial charge is 0.416 e. The topological polar surface area (TPSA) is 88.5 Å². The molecule has 0 aliphatic carbocycles. The zero-order valence-corrected chi connectivity index (χ0v) is 18.2. The number of aromatic nitrogens is 2. The summed E-state index contributed by atoms with van der Waals surface area (Å²) < 4.78 is 45.6. The molecule has 1 saturated heterocycles. The van der Waals surface area contributed by atoms with Crippen molar-refractivity contribution in [3.63, 3.8) is 0 Å². The third-order valence-electron chi connectivity index (χ3n) is 5.36. The molecule has 8 nitrogen and oxygen atoms in total. The Bertz CT molecular complexity index is 1200. The van der Waals surface area contributed by atoms with Crippen LogP contribution in [0, 0.1) is 0 Å².